The van der Waals surface area contributed by atoms with Gasteiger partial charge in [-0.15, -0.1) is 24.0 Å². The number of benzene rings is 1. The smallest absolute Gasteiger partial charge is 0.191 e. The zero-order chi connectivity index (χ0) is 19.1. The van der Waals surface area contributed by atoms with E-state index in [1.54, 1.807) is 0 Å². The molecule has 0 saturated carbocycles. The van der Waals surface area contributed by atoms with E-state index in [0.717, 1.165) is 75.2 Å². The van der Waals surface area contributed by atoms with Crippen molar-refractivity contribution in [2.75, 3.05) is 51.1 Å². The van der Waals surface area contributed by atoms with E-state index in [1.807, 2.05) is 30.9 Å². The molecule has 0 amide bonds. The molecule has 1 aromatic carbocycles. The van der Waals surface area contributed by atoms with E-state index < -0.39 is 0 Å². The number of hydrogen-bond acceptors (Lipinski definition) is 4. The molecule has 2 heterocycles. The SMILES string of the molecule is CN=C(NCC1(SC)CCOCC1)NC1CCCN(c2ccccc2Cl)C1.I. The Morgan fingerprint density at radius 2 is 2.11 bits per heavy atom. The van der Waals surface area contributed by atoms with Gasteiger partial charge in [-0.3, -0.25) is 4.99 Å². The van der Waals surface area contributed by atoms with E-state index in [0.29, 0.717) is 6.04 Å². The summed E-state index contributed by atoms with van der Waals surface area (Å²) >= 11 is 8.34. The lowest BCUT2D eigenvalue weighted by atomic mass is 9.99. The monoisotopic (exact) mass is 538 g/mol. The Balaban J connectivity index is 0.00000280. The largest absolute Gasteiger partial charge is 0.381 e. The summed E-state index contributed by atoms with van der Waals surface area (Å²) in [6.07, 6.45) is 6.66. The van der Waals surface area contributed by atoms with E-state index in [-0.39, 0.29) is 28.7 Å². The number of thioether (sulfide) groups is 1. The highest BCUT2D eigenvalue weighted by molar-refractivity contribution is 14.0. The molecule has 0 aromatic heterocycles. The second-order valence-electron chi connectivity index (χ2n) is 7.31. The van der Waals surface area contributed by atoms with Gasteiger partial charge in [-0.25, -0.2) is 0 Å². The molecule has 0 spiro atoms. The molecular weight excluding hydrogens is 507 g/mol. The van der Waals surface area contributed by atoms with Crippen molar-refractivity contribution in [3.63, 3.8) is 0 Å². The van der Waals surface area contributed by atoms with E-state index in [9.17, 15) is 0 Å². The molecule has 8 heteroatoms. The van der Waals surface area contributed by atoms with Crippen molar-refractivity contribution in [1.82, 2.24) is 10.6 Å². The highest BCUT2D eigenvalue weighted by Gasteiger charge is 2.32. The fourth-order valence-electron chi connectivity index (χ4n) is 3.85. The number of nitrogens with zero attached hydrogens (tertiary/aromatic N) is 2. The zero-order valence-electron chi connectivity index (χ0n) is 16.7. The molecule has 0 aliphatic carbocycles. The summed E-state index contributed by atoms with van der Waals surface area (Å²) < 4.78 is 5.78. The molecular formula is C20H32ClIN4OS. The van der Waals surface area contributed by atoms with Crippen LogP contribution in [-0.4, -0.2) is 62.9 Å². The average molecular weight is 539 g/mol. The first-order valence-electron chi connectivity index (χ1n) is 9.75. The maximum Gasteiger partial charge on any atom is 0.191 e. The van der Waals surface area contributed by atoms with Gasteiger partial charge in [0.25, 0.3) is 0 Å². The summed E-state index contributed by atoms with van der Waals surface area (Å²) in [5, 5.41) is 8.00. The Labute approximate surface area is 195 Å². The van der Waals surface area contributed by atoms with Gasteiger partial charge >= 0.3 is 0 Å². The number of guanidine groups is 1. The Kier molecular flexibility index (Phi) is 10.00. The fraction of sp³-hybridized carbons (Fsp3) is 0.650. The van der Waals surface area contributed by atoms with Crippen LogP contribution in [0, 0.1) is 0 Å². The van der Waals surface area contributed by atoms with Crippen molar-refractivity contribution in [2.24, 2.45) is 4.99 Å². The predicted octanol–water partition coefficient (Wildman–Crippen LogP) is 4.00. The van der Waals surface area contributed by atoms with Crippen molar-refractivity contribution >= 4 is 59.0 Å². The summed E-state index contributed by atoms with van der Waals surface area (Å²) in [6.45, 7) is 4.60. The average Bonchev–Trinajstić information content (AvgIpc) is 2.72. The van der Waals surface area contributed by atoms with Crippen molar-refractivity contribution in [3.8, 4) is 0 Å². The van der Waals surface area contributed by atoms with Crippen LogP contribution in [0.1, 0.15) is 25.7 Å². The molecule has 1 atom stereocenters. The third kappa shape index (κ3) is 6.31. The second-order valence-corrected chi connectivity index (χ2v) is 8.99. The normalized spacial score (nSPS) is 22.3. The van der Waals surface area contributed by atoms with Gasteiger partial charge < -0.3 is 20.3 Å². The minimum Gasteiger partial charge on any atom is -0.381 e. The first-order chi connectivity index (χ1) is 13.2. The van der Waals surface area contributed by atoms with Crippen LogP contribution in [0.2, 0.25) is 5.02 Å². The number of piperidine rings is 1. The fourth-order valence-corrected chi connectivity index (χ4v) is 4.90. The lowest BCUT2D eigenvalue weighted by molar-refractivity contribution is 0.0782. The van der Waals surface area contributed by atoms with Gasteiger partial charge in [0.2, 0.25) is 0 Å². The number of ether oxygens (including phenoxy) is 1. The Morgan fingerprint density at radius 3 is 2.79 bits per heavy atom. The van der Waals surface area contributed by atoms with Crippen LogP contribution in [0.4, 0.5) is 5.69 Å². The topological polar surface area (TPSA) is 48.9 Å². The number of nitrogens with one attached hydrogen (secondary N) is 2. The molecule has 0 bridgehead atoms. The first kappa shape index (κ1) is 23.9. The predicted molar refractivity (Wildman–Crippen MR) is 133 cm³/mol. The van der Waals surface area contributed by atoms with Crippen LogP contribution in [0.5, 0.6) is 0 Å². The Morgan fingerprint density at radius 1 is 1.36 bits per heavy atom. The van der Waals surface area contributed by atoms with Crippen molar-refractivity contribution in [3.05, 3.63) is 29.3 Å². The van der Waals surface area contributed by atoms with Crippen molar-refractivity contribution < 1.29 is 4.74 Å². The summed E-state index contributed by atoms with van der Waals surface area (Å²) in [4.78, 5) is 6.83. The Bertz CT molecular complexity index is 642. The minimum absolute atomic E-state index is 0. The number of halogens is 2. The van der Waals surface area contributed by atoms with E-state index in [4.69, 9.17) is 16.3 Å². The second kappa shape index (κ2) is 11.7. The number of aliphatic imine (C=N–C) groups is 1. The summed E-state index contributed by atoms with van der Waals surface area (Å²) in [7, 11) is 1.85. The van der Waals surface area contributed by atoms with Gasteiger partial charge in [0, 0.05) is 50.7 Å². The van der Waals surface area contributed by atoms with E-state index in [2.05, 4.69) is 38.9 Å². The molecule has 2 fully saturated rings. The first-order valence-corrected chi connectivity index (χ1v) is 11.4. The van der Waals surface area contributed by atoms with Gasteiger partial charge in [-0.05, 0) is 44.1 Å². The molecule has 1 aromatic rings. The molecule has 2 saturated heterocycles. The highest BCUT2D eigenvalue weighted by Crippen LogP contribution is 2.33. The molecule has 3 rings (SSSR count). The van der Waals surface area contributed by atoms with Crippen LogP contribution in [0.25, 0.3) is 0 Å². The van der Waals surface area contributed by atoms with Crippen LogP contribution >= 0.6 is 47.3 Å². The summed E-state index contributed by atoms with van der Waals surface area (Å²) in [5.74, 6) is 0.890. The van der Waals surface area contributed by atoms with Crippen LogP contribution in [-0.2, 0) is 4.74 Å². The molecule has 1 unspecified atom stereocenters. The van der Waals surface area contributed by atoms with Gasteiger partial charge in [0.05, 0.1) is 10.7 Å². The molecule has 5 nitrogen and oxygen atoms in total. The molecule has 158 valence electrons. The van der Waals surface area contributed by atoms with E-state index in [1.165, 1.54) is 0 Å². The number of rotatable bonds is 5. The van der Waals surface area contributed by atoms with Gasteiger partial charge in [0.15, 0.2) is 5.96 Å². The minimum atomic E-state index is 0. The van der Waals surface area contributed by atoms with Gasteiger partial charge in [-0.2, -0.15) is 11.8 Å². The summed E-state index contributed by atoms with van der Waals surface area (Å²) in [6, 6.07) is 8.46. The van der Waals surface area contributed by atoms with E-state index >= 15 is 0 Å². The van der Waals surface area contributed by atoms with Crippen LogP contribution in [0.3, 0.4) is 0 Å². The summed E-state index contributed by atoms with van der Waals surface area (Å²) in [5.41, 5.74) is 1.12. The van der Waals surface area contributed by atoms with Gasteiger partial charge in [-0.1, -0.05) is 23.7 Å². The lowest BCUT2D eigenvalue weighted by Gasteiger charge is -2.38. The Hall–Kier alpha value is -0.380. The quantitative estimate of drug-likeness (QED) is 0.337. The number of anilines is 1. The molecule has 2 N–H and O–H groups in total. The molecule has 2 aliphatic heterocycles. The van der Waals surface area contributed by atoms with Crippen LogP contribution < -0.4 is 15.5 Å². The highest BCUT2D eigenvalue weighted by atomic mass is 127. The van der Waals surface area contributed by atoms with Crippen molar-refractivity contribution in [1.29, 1.82) is 0 Å². The molecule has 0 radical (unpaired) electrons. The van der Waals surface area contributed by atoms with Gasteiger partial charge in [0.1, 0.15) is 0 Å². The lowest BCUT2D eigenvalue weighted by Crippen LogP contribution is -2.54. The third-order valence-corrected chi connectivity index (χ3v) is 7.33. The zero-order valence-corrected chi connectivity index (χ0v) is 20.7. The molecule has 28 heavy (non-hydrogen) atoms. The van der Waals surface area contributed by atoms with Crippen molar-refractivity contribution in [2.45, 2.75) is 36.5 Å². The van der Waals surface area contributed by atoms with Crippen LogP contribution in [0.15, 0.2) is 29.3 Å². The standard InChI is InChI=1S/C20H31ClN4OS.HI/c1-22-19(23-15-20(27-2)9-12-26-13-10-20)24-16-6-5-11-25(14-16)18-8-4-3-7-17(18)21;/h3-4,7-8,16H,5-6,9-15H2,1-2H3,(H2,22,23,24);1H. The maximum absolute atomic E-state index is 6.39. The molecule has 2 aliphatic rings. The third-order valence-electron chi connectivity index (χ3n) is 5.59. The maximum atomic E-state index is 6.39. The number of hydrogen-bond donors (Lipinski definition) is 2. The number of para-hydroxylation sites is 1.